The number of carbonyl (C=O) groups excluding carboxylic acids is 1. The molecule has 1 heterocycles. The summed E-state index contributed by atoms with van der Waals surface area (Å²) in [5.74, 6) is -1.000. The summed E-state index contributed by atoms with van der Waals surface area (Å²) in [5.41, 5.74) is -1.07. The normalized spacial score (nSPS) is 16.8. The van der Waals surface area contributed by atoms with Crippen LogP contribution in [0.15, 0.2) is 6.20 Å². The van der Waals surface area contributed by atoms with Gasteiger partial charge < -0.3 is 10.4 Å². The van der Waals surface area contributed by atoms with Gasteiger partial charge in [0.25, 0.3) is 0 Å². The molecule has 1 aliphatic rings. The number of nitrogens with zero attached hydrogens (tertiary/aromatic N) is 2. The predicted molar refractivity (Wildman–Crippen MR) is 51.7 cm³/mol. The number of amides is 2. The van der Waals surface area contributed by atoms with Gasteiger partial charge in [0.15, 0.2) is 0 Å². The van der Waals surface area contributed by atoms with E-state index in [9.17, 15) is 9.59 Å². The lowest BCUT2D eigenvalue weighted by Gasteiger charge is -2.11. The number of hydrogen-bond donors (Lipinski definition) is 3. The summed E-state index contributed by atoms with van der Waals surface area (Å²) in [6.07, 6.45) is 2.33. The zero-order valence-electron chi connectivity index (χ0n) is 7.56. The summed E-state index contributed by atoms with van der Waals surface area (Å²) in [5, 5.41) is 17.7. The van der Waals surface area contributed by atoms with Crippen molar-refractivity contribution in [1.29, 1.82) is 0 Å². The van der Waals surface area contributed by atoms with E-state index in [0.717, 1.165) is 11.5 Å². The number of hydrogen-bond acceptors (Lipinski definition) is 5. The molecule has 0 saturated heterocycles. The lowest BCUT2D eigenvalue weighted by atomic mass is 10.3. The maximum atomic E-state index is 11.3. The number of aromatic nitrogens is 2. The van der Waals surface area contributed by atoms with Crippen LogP contribution >= 0.6 is 11.5 Å². The minimum atomic E-state index is -1.07. The molecular weight excluding hydrogens is 220 g/mol. The van der Waals surface area contributed by atoms with Gasteiger partial charge in [-0.15, -0.1) is 5.10 Å². The van der Waals surface area contributed by atoms with Crippen LogP contribution in [-0.2, 0) is 4.79 Å². The first-order valence-corrected chi connectivity index (χ1v) is 5.00. The van der Waals surface area contributed by atoms with Crippen LogP contribution in [0.3, 0.4) is 0 Å². The number of carboxylic acids is 1. The van der Waals surface area contributed by atoms with Crippen LogP contribution in [0.25, 0.3) is 0 Å². The smallest absolute Gasteiger partial charge is 0.329 e. The highest BCUT2D eigenvalue weighted by atomic mass is 32.1. The van der Waals surface area contributed by atoms with Gasteiger partial charge in [-0.25, -0.2) is 9.59 Å². The van der Waals surface area contributed by atoms with Crippen LogP contribution in [0.4, 0.5) is 9.80 Å². The SMILES string of the molecule is O=C(Nc1cnns1)NC1(C(=O)O)CC1. The van der Waals surface area contributed by atoms with Gasteiger partial charge >= 0.3 is 12.0 Å². The fraction of sp³-hybridized carbons (Fsp3) is 0.429. The second kappa shape index (κ2) is 3.46. The van der Waals surface area contributed by atoms with Gasteiger partial charge in [0, 0.05) is 11.5 Å². The molecule has 1 saturated carbocycles. The minimum Gasteiger partial charge on any atom is -0.480 e. The van der Waals surface area contributed by atoms with Crippen LogP contribution in [-0.4, -0.2) is 32.2 Å². The lowest BCUT2D eigenvalue weighted by molar-refractivity contribution is -0.140. The van der Waals surface area contributed by atoms with Crippen molar-refractivity contribution in [1.82, 2.24) is 14.9 Å². The molecule has 15 heavy (non-hydrogen) atoms. The van der Waals surface area contributed by atoms with E-state index in [0.29, 0.717) is 17.8 Å². The summed E-state index contributed by atoms with van der Waals surface area (Å²) in [4.78, 5) is 22.1. The molecular formula is C7H8N4O3S. The van der Waals surface area contributed by atoms with Crippen LogP contribution in [0.2, 0.25) is 0 Å². The highest BCUT2D eigenvalue weighted by Gasteiger charge is 2.51. The molecule has 1 aromatic rings. The molecule has 80 valence electrons. The van der Waals surface area contributed by atoms with Crippen molar-refractivity contribution in [2.75, 3.05) is 5.32 Å². The van der Waals surface area contributed by atoms with Crippen molar-refractivity contribution < 1.29 is 14.7 Å². The minimum absolute atomic E-state index is 0.469. The number of carboxylic acid groups (broad SMARTS) is 1. The Morgan fingerprint density at radius 1 is 1.53 bits per heavy atom. The van der Waals surface area contributed by atoms with E-state index in [-0.39, 0.29) is 0 Å². The summed E-state index contributed by atoms with van der Waals surface area (Å²) in [7, 11) is 0. The highest BCUT2D eigenvalue weighted by molar-refractivity contribution is 7.10. The number of anilines is 1. The molecule has 1 fully saturated rings. The molecule has 0 unspecified atom stereocenters. The Labute approximate surface area is 88.7 Å². The molecule has 0 aromatic carbocycles. The maximum absolute atomic E-state index is 11.3. The number of urea groups is 1. The number of nitrogens with one attached hydrogen (secondary N) is 2. The molecule has 0 bridgehead atoms. The largest absolute Gasteiger partial charge is 0.480 e. The quantitative estimate of drug-likeness (QED) is 0.689. The van der Waals surface area contributed by atoms with Crippen LogP contribution < -0.4 is 10.6 Å². The first-order valence-electron chi connectivity index (χ1n) is 4.22. The Kier molecular flexibility index (Phi) is 2.27. The summed E-state index contributed by atoms with van der Waals surface area (Å²) in [6, 6.07) is -0.541. The number of aliphatic carboxylic acids is 1. The maximum Gasteiger partial charge on any atom is 0.329 e. The molecule has 8 heteroatoms. The van der Waals surface area contributed by atoms with Gasteiger partial charge in [-0.3, -0.25) is 5.32 Å². The molecule has 3 N–H and O–H groups in total. The zero-order chi connectivity index (χ0) is 10.9. The Morgan fingerprint density at radius 2 is 2.27 bits per heavy atom. The lowest BCUT2D eigenvalue weighted by Crippen LogP contribution is -2.45. The number of carbonyl (C=O) groups is 2. The van der Waals surface area contributed by atoms with Crippen molar-refractivity contribution in [2.24, 2.45) is 0 Å². The molecule has 0 spiro atoms. The van der Waals surface area contributed by atoms with Crippen molar-refractivity contribution in [3.8, 4) is 0 Å². The van der Waals surface area contributed by atoms with E-state index in [4.69, 9.17) is 5.11 Å². The van der Waals surface area contributed by atoms with Gasteiger partial charge in [-0.05, 0) is 12.8 Å². The fourth-order valence-electron chi connectivity index (χ4n) is 1.10. The standard InChI is InChI=1S/C7H8N4O3S/c12-5(13)7(1-2-7)10-6(14)9-4-3-8-11-15-4/h3H,1-2H2,(H,12,13)(H2,9,10,14). The first kappa shape index (κ1) is 9.84. The average molecular weight is 228 g/mol. The molecule has 7 nitrogen and oxygen atoms in total. The van der Waals surface area contributed by atoms with E-state index < -0.39 is 17.5 Å². The highest BCUT2D eigenvalue weighted by Crippen LogP contribution is 2.35. The molecule has 1 aromatic heterocycles. The van der Waals surface area contributed by atoms with E-state index in [1.54, 1.807) is 0 Å². The Morgan fingerprint density at radius 3 is 2.73 bits per heavy atom. The second-order valence-corrected chi connectivity index (χ2v) is 4.03. The first-order chi connectivity index (χ1) is 7.12. The molecule has 2 amide bonds. The van der Waals surface area contributed by atoms with Crippen molar-refractivity contribution in [3.05, 3.63) is 6.20 Å². The Hall–Kier alpha value is -1.70. The van der Waals surface area contributed by atoms with Gasteiger partial charge in [0.2, 0.25) is 0 Å². The third-order valence-corrected chi connectivity index (χ3v) is 2.69. The van der Waals surface area contributed by atoms with Crippen molar-refractivity contribution in [3.63, 3.8) is 0 Å². The molecule has 0 aliphatic heterocycles. The molecule has 0 atom stereocenters. The summed E-state index contributed by atoms with van der Waals surface area (Å²) < 4.78 is 3.56. The third-order valence-electron chi connectivity index (χ3n) is 2.11. The molecule has 0 radical (unpaired) electrons. The van der Waals surface area contributed by atoms with Crippen LogP contribution in [0.1, 0.15) is 12.8 Å². The van der Waals surface area contributed by atoms with Crippen LogP contribution in [0.5, 0.6) is 0 Å². The summed E-state index contributed by atoms with van der Waals surface area (Å²) in [6.45, 7) is 0. The average Bonchev–Trinajstić information content (AvgIpc) is 2.75. The number of rotatable bonds is 3. The van der Waals surface area contributed by atoms with Crippen LogP contribution in [0, 0.1) is 0 Å². The topological polar surface area (TPSA) is 104 Å². The van der Waals surface area contributed by atoms with Crippen molar-refractivity contribution >= 4 is 28.5 Å². The van der Waals surface area contributed by atoms with E-state index in [1.807, 2.05) is 0 Å². The van der Waals surface area contributed by atoms with Gasteiger partial charge in [-0.1, -0.05) is 4.49 Å². The second-order valence-electron chi connectivity index (χ2n) is 3.25. The van der Waals surface area contributed by atoms with Crippen molar-refractivity contribution in [2.45, 2.75) is 18.4 Å². The Bertz CT molecular complexity index is 387. The monoisotopic (exact) mass is 228 g/mol. The third kappa shape index (κ3) is 2.04. The molecule has 1 aliphatic carbocycles. The van der Waals surface area contributed by atoms with Gasteiger partial charge in [-0.2, -0.15) is 0 Å². The van der Waals surface area contributed by atoms with E-state index in [1.165, 1.54) is 6.20 Å². The summed E-state index contributed by atoms with van der Waals surface area (Å²) >= 11 is 1.03. The van der Waals surface area contributed by atoms with E-state index >= 15 is 0 Å². The molecule has 2 rings (SSSR count). The predicted octanol–water partition coefficient (Wildman–Crippen LogP) is 0.277. The Balaban J connectivity index is 1.91. The van der Waals surface area contributed by atoms with E-state index in [2.05, 4.69) is 20.2 Å². The zero-order valence-corrected chi connectivity index (χ0v) is 8.37. The fourth-order valence-corrected chi connectivity index (χ4v) is 1.51. The van der Waals surface area contributed by atoms with Gasteiger partial charge in [0.1, 0.15) is 10.5 Å². The van der Waals surface area contributed by atoms with Gasteiger partial charge in [0.05, 0.1) is 6.20 Å².